The number of hydrogen-bond donors (Lipinski definition) is 4. The maximum Gasteiger partial charge on any atom is 0.261 e. The van der Waals surface area contributed by atoms with E-state index in [4.69, 9.17) is 23.5 Å². The Hall–Kier alpha value is -2.89. The smallest absolute Gasteiger partial charge is 0.261 e. The largest absolute Gasteiger partial charge is 0.502 e. The second kappa shape index (κ2) is 25.2. The van der Waals surface area contributed by atoms with E-state index in [2.05, 4.69) is 27.7 Å². The Morgan fingerprint density at radius 2 is 1.00 bits per heavy atom. The van der Waals surface area contributed by atoms with Gasteiger partial charge in [-0.15, -0.1) is 0 Å². The SMILES string of the molecule is C.CCCCCCC(C)(C)O.CCCCCCC(C)(C)c1cc(OC)c(O)c(OC)c1.COc1cccc(OC)c1O.CS(=O)(=O)O. The van der Waals surface area contributed by atoms with Crippen LogP contribution in [0.4, 0.5) is 0 Å². The van der Waals surface area contributed by atoms with Crippen LogP contribution in [0.1, 0.15) is 119 Å². The standard InChI is InChI=1S/C17H28O3.C9H20O.C8H10O3.CH4O3S.CH4/c1-6-7-8-9-10-17(2,3)13-11-14(19-4)16(18)15(12-13)20-5;1-4-5-6-7-8-9(2,3)10;1-10-6-4-3-5-7(11-2)8(6)9;1-5(2,3)4;/h11-12,18H,6-10H2,1-5H3;10H,4-8H2,1-3H3;3-5,9H,1-2H3;1H3,(H,2,3,4);1H4. The van der Waals surface area contributed by atoms with Crippen molar-refractivity contribution in [3.63, 3.8) is 0 Å². The van der Waals surface area contributed by atoms with E-state index >= 15 is 0 Å². The van der Waals surface area contributed by atoms with E-state index in [1.165, 1.54) is 59.2 Å². The molecule has 0 unspecified atom stereocenters. The molecule has 0 aliphatic heterocycles. The molecule has 0 fully saturated rings. The predicted molar refractivity (Wildman–Crippen MR) is 193 cm³/mol. The minimum Gasteiger partial charge on any atom is -0.502 e. The number of para-hydroxylation sites is 1. The van der Waals surface area contributed by atoms with Gasteiger partial charge in [-0.25, -0.2) is 0 Å². The molecule has 0 saturated carbocycles. The van der Waals surface area contributed by atoms with Crippen LogP contribution in [-0.2, 0) is 15.5 Å². The molecule has 0 aliphatic carbocycles. The van der Waals surface area contributed by atoms with Gasteiger partial charge in [-0.2, -0.15) is 8.42 Å². The third kappa shape index (κ3) is 24.0. The number of phenolic OH excluding ortho intramolecular Hbond substituents is 2. The lowest BCUT2D eigenvalue weighted by molar-refractivity contribution is 0.0680. The van der Waals surface area contributed by atoms with Crippen LogP contribution in [-0.4, -0.2) is 68.6 Å². The molecule has 2 rings (SSSR count). The minimum absolute atomic E-state index is 0. The molecule has 2 aromatic carbocycles. The number of rotatable bonds is 15. The molecule has 0 aliphatic rings. The number of methoxy groups -OCH3 is 4. The summed E-state index contributed by atoms with van der Waals surface area (Å²) in [6.07, 6.45) is 12.8. The van der Waals surface area contributed by atoms with Gasteiger partial charge in [0.15, 0.2) is 23.0 Å². The van der Waals surface area contributed by atoms with Gasteiger partial charge in [-0.1, -0.05) is 92.6 Å². The maximum absolute atomic E-state index is 9.98. The van der Waals surface area contributed by atoms with Crippen molar-refractivity contribution in [2.24, 2.45) is 0 Å². The third-order valence-corrected chi connectivity index (χ3v) is 6.96. The Morgan fingerprint density at radius 3 is 1.32 bits per heavy atom. The van der Waals surface area contributed by atoms with Gasteiger partial charge < -0.3 is 34.3 Å². The van der Waals surface area contributed by atoms with Crippen molar-refractivity contribution in [2.75, 3.05) is 34.7 Å². The summed E-state index contributed by atoms with van der Waals surface area (Å²) in [6, 6.07) is 8.91. The highest BCUT2D eigenvalue weighted by Gasteiger charge is 2.24. The maximum atomic E-state index is 9.98. The van der Waals surface area contributed by atoms with Crippen molar-refractivity contribution in [1.82, 2.24) is 0 Å². The number of unbranched alkanes of at least 4 members (excludes halogenated alkanes) is 6. The number of aliphatic hydroxyl groups is 1. The summed E-state index contributed by atoms with van der Waals surface area (Å²) in [7, 11) is 2.45. The van der Waals surface area contributed by atoms with Gasteiger partial charge >= 0.3 is 0 Å². The fourth-order valence-corrected chi connectivity index (χ4v) is 4.24. The Kier molecular flexibility index (Phi) is 26.0. The minimum atomic E-state index is -3.67. The average Bonchev–Trinajstić information content (AvgIpc) is 2.97. The average molecular weight is 691 g/mol. The molecular formula is C36H66O10S. The molecule has 276 valence electrons. The number of benzene rings is 2. The first-order valence-corrected chi connectivity index (χ1v) is 17.7. The van der Waals surface area contributed by atoms with Crippen molar-refractivity contribution in [3.8, 4) is 34.5 Å². The number of aromatic hydroxyl groups is 2. The first-order chi connectivity index (χ1) is 21.3. The molecule has 0 atom stereocenters. The molecule has 10 nitrogen and oxygen atoms in total. The van der Waals surface area contributed by atoms with E-state index in [1.807, 2.05) is 26.0 Å². The van der Waals surface area contributed by atoms with Gasteiger partial charge in [0.25, 0.3) is 10.1 Å². The molecule has 0 radical (unpaired) electrons. The van der Waals surface area contributed by atoms with Gasteiger partial charge in [0.1, 0.15) is 0 Å². The van der Waals surface area contributed by atoms with Gasteiger partial charge in [0.05, 0.1) is 40.3 Å². The van der Waals surface area contributed by atoms with Gasteiger partial charge in [-0.05, 0) is 61.9 Å². The summed E-state index contributed by atoms with van der Waals surface area (Å²) >= 11 is 0. The first-order valence-electron chi connectivity index (χ1n) is 15.8. The summed E-state index contributed by atoms with van der Waals surface area (Å²) in [6.45, 7) is 12.6. The Labute approximate surface area is 286 Å². The Balaban J connectivity index is -0.000000609. The van der Waals surface area contributed by atoms with Crippen LogP contribution in [0.25, 0.3) is 0 Å². The van der Waals surface area contributed by atoms with E-state index in [0.29, 0.717) is 29.3 Å². The topological polar surface area (TPSA) is 152 Å². The lowest BCUT2D eigenvalue weighted by Gasteiger charge is -2.26. The van der Waals surface area contributed by atoms with Crippen molar-refractivity contribution in [1.29, 1.82) is 0 Å². The van der Waals surface area contributed by atoms with E-state index < -0.39 is 15.7 Å². The summed E-state index contributed by atoms with van der Waals surface area (Å²) in [4.78, 5) is 0. The molecule has 4 N–H and O–H groups in total. The second-order valence-corrected chi connectivity index (χ2v) is 13.8. The lowest BCUT2D eigenvalue weighted by atomic mass is 9.79. The zero-order valence-corrected chi connectivity index (χ0v) is 30.9. The van der Waals surface area contributed by atoms with E-state index in [0.717, 1.165) is 24.8 Å². The molecule has 2 aromatic rings. The molecule has 0 aromatic heterocycles. The van der Waals surface area contributed by atoms with Gasteiger partial charge in [0, 0.05) is 0 Å². The second-order valence-electron chi connectivity index (χ2n) is 12.3. The normalized spacial score (nSPS) is 10.8. The number of phenols is 2. The molecule has 0 saturated heterocycles. The van der Waals surface area contributed by atoms with Crippen molar-refractivity contribution in [3.05, 3.63) is 35.9 Å². The number of ether oxygens (including phenoxy) is 4. The summed E-state index contributed by atoms with van der Waals surface area (Å²) in [5.41, 5.74) is 0.732. The van der Waals surface area contributed by atoms with Gasteiger partial charge in [0.2, 0.25) is 11.5 Å². The summed E-state index contributed by atoms with van der Waals surface area (Å²) < 4.78 is 46.1. The molecule has 0 amide bonds. The lowest BCUT2D eigenvalue weighted by Crippen LogP contribution is -2.17. The van der Waals surface area contributed by atoms with Crippen molar-refractivity contribution >= 4 is 10.1 Å². The molecule has 47 heavy (non-hydrogen) atoms. The molecule has 0 bridgehead atoms. The Morgan fingerprint density at radius 1 is 0.660 bits per heavy atom. The van der Waals surface area contributed by atoms with Crippen LogP contribution in [0.2, 0.25) is 0 Å². The highest BCUT2D eigenvalue weighted by Crippen LogP contribution is 2.42. The van der Waals surface area contributed by atoms with Gasteiger partial charge in [-0.3, -0.25) is 4.55 Å². The van der Waals surface area contributed by atoms with E-state index in [1.54, 1.807) is 32.4 Å². The molecule has 0 heterocycles. The Bertz CT molecular complexity index is 1130. The monoisotopic (exact) mass is 690 g/mol. The zero-order valence-electron chi connectivity index (χ0n) is 30.1. The highest BCUT2D eigenvalue weighted by molar-refractivity contribution is 7.85. The summed E-state index contributed by atoms with van der Waals surface area (Å²) in [5.74, 6) is 1.90. The zero-order chi connectivity index (χ0) is 36.0. The van der Waals surface area contributed by atoms with Crippen LogP contribution >= 0.6 is 0 Å². The van der Waals surface area contributed by atoms with Crippen LogP contribution in [0.15, 0.2) is 30.3 Å². The third-order valence-electron chi connectivity index (χ3n) is 6.96. The summed E-state index contributed by atoms with van der Waals surface area (Å²) in [5, 5.41) is 28.6. The fraction of sp³-hybridized carbons (Fsp3) is 0.667. The van der Waals surface area contributed by atoms with Crippen molar-refractivity contribution < 1.29 is 47.2 Å². The van der Waals surface area contributed by atoms with E-state index in [-0.39, 0.29) is 24.3 Å². The molecular weight excluding hydrogens is 624 g/mol. The first kappa shape index (κ1) is 48.5. The predicted octanol–water partition coefficient (Wildman–Crippen LogP) is 8.93. The quantitative estimate of drug-likeness (QED) is 0.105. The van der Waals surface area contributed by atoms with Crippen molar-refractivity contribution in [2.45, 2.75) is 124 Å². The van der Waals surface area contributed by atoms with Crippen LogP contribution < -0.4 is 18.9 Å². The fourth-order valence-electron chi connectivity index (χ4n) is 4.24. The van der Waals surface area contributed by atoms with Crippen LogP contribution in [0, 0.1) is 0 Å². The number of hydrogen-bond acceptors (Lipinski definition) is 9. The van der Waals surface area contributed by atoms with Crippen LogP contribution in [0.5, 0.6) is 34.5 Å². The van der Waals surface area contributed by atoms with Crippen LogP contribution in [0.3, 0.4) is 0 Å². The highest BCUT2D eigenvalue weighted by atomic mass is 32.2. The van der Waals surface area contributed by atoms with E-state index in [9.17, 15) is 23.7 Å². The molecule has 0 spiro atoms. The molecule has 11 heteroatoms.